The van der Waals surface area contributed by atoms with Crippen LogP contribution in [0.1, 0.15) is 26.2 Å². The Labute approximate surface area is 153 Å². The third-order valence-corrected chi connectivity index (χ3v) is 5.64. The van der Waals surface area contributed by atoms with Gasteiger partial charge in [0.1, 0.15) is 5.52 Å². The molecule has 0 aliphatic heterocycles. The molecule has 2 aromatic heterocycles. The molecular weight excluding hydrogens is 366 g/mol. The molecule has 3 aliphatic carbocycles. The van der Waals surface area contributed by atoms with E-state index >= 15 is 0 Å². The molecule has 5 rings (SSSR count). The van der Waals surface area contributed by atoms with Gasteiger partial charge in [0, 0.05) is 24.6 Å². The summed E-state index contributed by atoms with van der Waals surface area (Å²) in [5.74, 6) is -4.90. The van der Waals surface area contributed by atoms with Crippen molar-refractivity contribution in [2.24, 2.45) is 17.8 Å². The summed E-state index contributed by atoms with van der Waals surface area (Å²) in [6.07, 6.45) is 2.39. The SMILES string of the molecule is CCOC(=O)[C@H]1[C@H]2CC[C@@H]([C@@H]1Nc1nc(Cl)nn3cccc13)C(F)(F)C2. The number of rotatable bonds is 4. The van der Waals surface area contributed by atoms with Crippen LogP contribution >= 0.6 is 11.6 Å². The normalized spacial score (nSPS) is 29.7. The highest BCUT2D eigenvalue weighted by molar-refractivity contribution is 6.28. The number of alkyl halides is 2. The molecule has 9 heteroatoms. The summed E-state index contributed by atoms with van der Waals surface area (Å²) < 4.78 is 35.8. The lowest BCUT2D eigenvalue weighted by molar-refractivity contribution is -0.179. The highest BCUT2D eigenvalue weighted by atomic mass is 35.5. The lowest BCUT2D eigenvalue weighted by Gasteiger charge is -2.51. The van der Waals surface area contributed by atoms with Crippen LogP contribution in [0.3, 0.4) is 0 Å². The van der Waals surface area contributed by atoms with E-state index in [4.69, 9.17) is 16.3 Å². The Kier molecular flexibility index (Phi) is 4.25. The fraction of sp³-hybridized carbons (Fsp3) is 0.588. The molecule has 0 radical (unpaired) electrons. The highest BCUT2D eigenvalue weighted by Gasteiger charge is 2.60. The first-order valence-electron chi connectivity index (χ1n) is 8.72. The van der Waals surface area contributed by atoms with Gasteiger partial charge < -0.3 is 10.1 Å². The molecule has 3 saturated carbocycles. The Balaban J connectivity index is 1.73. The van der Waals surface area contributed by atoms with Gasteiger partial charge in [-0.3, -0.25) is 4.79 Å². The first-order valence-corrected chi connectivity index (χ1v) is 9.10. The molecule has 2 aromatic rings. The second-order valence-electron chi connectivity index (χ2n) is 6.92. The van der Waals surface area contributed by atoms with Crippen LogP contribution in [0.2, 0.25) is 5.28 Å². The molecule has 0 saturated heterocycles. The molecule has 0 amide bonds. The molecule has 140 valence electrons. The second-order valence-corrected chi connectivity index (χ2v) is 7.26. The first kappa shape index (κ1) is 17.5. The van der Waals surface area contributed by atoms with Crippen LogP contribution in [0.4, 0.5) is 14.6 Å². The van der Waals surface area contributed by atoms with Crippen molar-refractivity contribution in [2.45, 2.75) is 38.2 Å². The number of ether oxygens (including phenoxy) is 1. The maximum Gasteiger partial charge on any atom is 0.311 e. The minimum atomic E-state index is -2.82. The van der Waals surface area contributed by atoms with E-state index in [1.54, 1.807) is 25.3 Å². The lowest BCUT2D eigenvalue weighted by atomic mass is 9.59. The lowest BCUT2D eigenvalue weighted by Crippen LogP contribution is -2.59. The minimum absolute atomic E-state index is 0.00314. The van der Waals surface area contributed by atoms with E-state index in [1.165, 1.54) is 4.52 Å². The van der Waals surface area contributed by atoms with Crippen molar-refractivity contribution >= 4 is 28.9 Å². The van der Waals surface area contributed by atoms with E-state index in [0.717, 1.165) is 0 Å². The van der Waals surface area contributed by atoms with Crippen LogP contribution in [-0.4, -0.2) is 39.1 Å². The van der Waals surface area contributed by atoms with Crippen LogP contribution in [0, 0.1) is 17.8 Å². The van der Waals surface area contributed by atoms with Crippen molar-refractivity contribution < 1.29 is 18.3 Å². The quantitative estimate of drug-likeness (QED) is 0.818. The van der Waals surface area contributed by atoms with Crippen molar-refractivity contribution in [3.8, 4) is 0 Å². The molecule has 4 atom stereocenters. The zero-order chi connectivity index (χ0) is 18.5. The van der Waals surface area contributed by atoms with Gasteiger partial charge in [-0.2, -0.15) is 4.98 Å². The fourth-order valence-electron chi connectivity index (χ4n) is 4.44. The van der Waals surface area contributed by atoms with Crippen molar-refractivity contribution in [1.82, 2.24) is 14.6 Å². The largest absolute Gasteiger partial charge is 0.466 e. The van der Waals surface area contributed by atoms with Gasteiger partial charge in [0.15, 0.2) is 5.82 Å². The van der Waals surface area contributed by atoms with Gasteiger partial charge in [-0.25, -0.2) is 13.3 Å². The van der Waals surface area contributed by atoms with Gasteiger partial charge in [-0.15, -0.1) is 5.10 Å². The fourth-order valence-corrected chi connectivity index (χ4v) is 4.61. The van der Waals surface area contributed by atoms with Gasteiger partial charge in [0.25, 0.3) is 5.92 Å². The summed E-state index contributed by atoms with van der Waals surface area (Å²) in [7, 11) is 0. The number of aromatic nitrogens is 3. The number of halogens is 3. The van der Waals surface area contributed by atoms with Crippen molar-refractivity contribution in [3.63, 3.8) is 0 Å². The number of esters is 1. The first-order chi connectivity index (χ1) is 12.4. The number of carbonyl (C=O) groups excluding carboxylic acids is 1. The van der Waals surface area contributed by atoms with Gasteiger partial charge in [-0.1, -0.05) is 0 Å². The third-order valence-electron chi connectivity index (χ3n) is 5.48. The number of nitrogens with zero attached hydrogens (tertiary/aromatic N) is 3. The monoisotopic (exact) mass is 384 g/mol. The smallest absolute Gasteiger partial charge is 0.311 e. The van der Waals surface area contributed by atoms with Gasteiger partial charge in [-0.05, 0) is 49.4 Å². The van der Waals surface area contributed by atoms with Gasteiger partial charge in [0.05, 0.1) is 12.5 Å². The summed E-state index contributed by atoms with van der Waals surface area (Å²) in [5, 5.41) is 7.13. The summed E-state index contributed by atoms with van der Waals surface area (Å²) in [5.41, 5.74) is 0.613. The average Bonchev–Trinajstić information content (AvgIpc) is 3.02. The number of nitrogens with one attached hydrogen (secondary N) is 1. The van der Waals surface area contributed by atoms with E-state index in [1.807, 2.05) is 0 Å². The summed E-state index contributed by atoms with van der Waals surface area (Å²) >= 11 is 5.96. The maximum atomic E-state index is 14.6. The van der Waals surface area contributed by atoms with E-state index in [9.17, 15) is 13.6 Å². The van der Waals surface area contributed by atoms with Crippen LogP contribution in [0.15, 0.2) is 18.3 Å². The summed E-state index contributed by atoms with van der Waals surface area (Å²) in [4.78, 5) is 16.7. The van der Waals surface area contributed by atoms with E-state index in [2.05, 4.69) is 15.4 Å². The summed E-state index contributed by atoms with van der Waals surface area (Å²) in [6, 6.07) is 2.76. The second kappa shape index (κ2) is 6.33. The van der Waals surface area contributed by atoms with E-state index in [-0.39, 0.29) is 18.3 Å². The molecule has 3 fully saturated rings. The number of hydrogen-bond acceptors (Lipinski definition) is 5. The van der Waals surface area contributed by atoms with E-state index < -0.39 is 35.7 Å². The molecule has 0 aromatic carbocycles. The molecule has 0 unspecified atom stereocenters. The highest BCUT2D eigenvalue weighted by Crippen LogP contribution is 2.54. The predicted molar refractivity (Wildman–Crippen MR) is 91.3 cm³/mol. The molecule has 0 spiro atoms. The Bertz CT molecular complexity index is 843. The number of anilines is 1. The maximum absolute atomic E-state index is 14.6. The molecule has 1 N–H and O–H groups in total. The third kappa shape index (κ3) is 2.80. The standard InChI is InChI=1S/C17H19ClF2N4O2/c1-2-26-15(25)12-9-5-6-10(17(19,20)8-9)13(12)21-14-11-4-3-7-24(11)23-16(18)22-14/h3-4,7,9-10,12-13H,2,5-6,8H2,1H3,(H,21,22,23)/t9-,10-,12-,13-/m0/s1. The molecule has 6 nitrogen and oxygen atoms in total. The van der Waals surface area contributed by atoms with Crippen molar-refractivity contribution in [3.05, 3.63) is 23.6 Å². The molecule has 2 heterocycles. The topological polar surface area (TPSA) is 68.5 Å². The zero-order valence-electron chi connectivity index (χ0n) is 14.2. The zero-order valence-corrected chi connectivity index (χ0v) is 14.9. The average molecular weight is 385 g/mol. The van der Waals surface area contributed by atoms with Crippen molar-refractivity contribution in [1.29, 1.82) is 0 Å². The number of carbonyl (C=O) groups is 1. The Hall–Kier alpha value is -1.96. The van der Waals surface area contributed by atoms with Gasteiger partial charge >= 0.3 is 5.97 Å². The van der Waals surface area contributed by atoms with Crippen molar-refractivity contribution in [2.75, 3.05) is 11.9 Å². The van der Waals surface area contributed by atoms with Crippen LogP contribution in [-0.2, 0) is 9.53 Å². The summed E-state index contributed by atoms with van der Waals surface area (Å²) in [6.45, 7) is 1.93. The molecule has 26 heavy (non-hydrogen) atoms. The van der Waals surface area contributed by atoms with Gasteiger partial charge in [0.2, 0.25) is 5.28 Å². The number of hydrogen-bond donors (Lipinski definition) is 1. The van der Waals surface area contributed by atoms with E-state index in [0.29, 0.717) is 24.2 Å². The Morgan fingerprint density at radius 1 is 1.50 bits per heavy atom. The molecular formula is C17H19ClF2N4O2. The minimum Gasteiger partial charge on any atom is -0.466 e. The van der Waals surface area contributed by atoms with Crippen LogP contribution in [0.5, 0.6) is 0 Å². The Morgan fingerprint density at radius 3 is 3.04 bits per heavy atom. The Morgan fingerprint density at radius 2 is 2.31 bits per heavy atom. The van der Waals surface area contributed by atoms with Crippen LogP contribution < -0.4 is 5.32 Å². The molecule has 3 aliphatic rings. The molecule has 2 bridgehead atoms. The predicted octanol–water partition coefficient (Wildman–Crippen LogP) is 3.41. The number of fused-ring (bicyclic) bond motifs is 4. The van der Waals surface area contributed by atoms with Crippen LogP contribution in [0.25, 0.3) is 5.52 Å².